The number of esters is 6. The molecule has 2 heterocycles. The second kappa shape index (κ2) is 22.2. The van der Waals surface area contributed by atoms with Crippen LogP contribution in [0.2, 0.25) is 0 Å². The smallest absolute Gasteiger partial charge is 0.338 e. The summed E-state index contributed by atoms with van der Waals surface area (Å²) in [4.78, 5) is 114. The van der Waals surface area contributed by atoms with Crippen molar-refractivity contribution >= 4 is 47.5 Å². The van der Waals surface area contributed by atoms with Crippen LogP contribution < -0.4 is 5.32 Å². The topological polar surface area (TPSA) is 270 Å². The van der Waals surface area contributed by atoms with Crippen LogP contribution in [-0.2, 0) is 80.9 Å². The summed E-state index contributed by atoms with van der Waals surface area (Å²) < 4.78 is 67.9. The normalized spacial score (nSPS) is 31.9. The largest absolute Gasteiger partial charge is 0.456 e. The Labute approximate surface area is 444 Å². The van der Waals surface area contributed by atoms with Crippen LogP contribution in [-0.4, -0.2) is 140 Å². The number of ketones is 1. The number of ether oxygens (including phenoxy) is 11. The molecule has 8 rings (SSSR count). The van der Waals surface area contributed by atoms with Gasteiger partial charge in [-0.1, -0.05) is 80.6 Å². The van der Waals surface area contributed by atoms with Crippen molar-refractivity contribution in [1.82, 2.24) is 5.32 Å². The summed E-state index contributed by atoms with van der Waals surface area (Å²) in [5, 5.41) is 14.8. The zero-order valence-corrected chi connectivity index (χ0v) is 44.0. The first-order valence-corrected chi connectivity index (χ1v) is 25.1. The van der Waals surface area contributed by atoms with Gasteiger partial charge in [-0.2, -0.15) is 0 Å². The van der Waals surface area contributed by atoms with Gasteiger partial charge < -0.3 is 62.5 Å². The molecule has 14 atom stereocenters. The highest BCUT2D eigenvalue weighted by molar-refractivity contribution is 5.96. The third kappa shape index (κ3) is 10.5. The molecule has 21 nitrogen and oxygen atoms in total. The first-order valence-electron chi connectivity index (χ1n) is 25.1. The van der Waals surface area contributed by atoms with Crippen LogP contribution in [0.25, 0.3) is 0 Å². The van der Waals surface area contributed by atoms with Crippen LogP contribution in [0.15, 0.2) is 102 Å². The summed E-state index contributed by atoms with van der Waals surface area (Å²) in [6.45, 7) is 9.86. The van der Waals surface area contributed by atoms with E-state index < -0.39 is 150 Å². The van der Waals surface area contributed by atoms with Gasteiger partial charge in [-0.3, -0.25) is 28.8 Å². The average Bonchev–Trinajstić information content (AvgIpc) is 3.46. The van der Waals surface area contributed by atoms with E-state index in [1.165, 1.54) is 33.1 Å². The molecule has 2 N–H and O–H groups in total. The SMILES string of the molecule is COC1CO[C@@H](O[C@H]2C[C@H]3OC[C@@]3(OC(C)=O)[C@H]3[C@H](OC(=O)c4ccccc4)[C@]4(OC(C)=O)C[C@H](OC(=O)[C@H](O)[C@@H](NC(=O)c5ccccc5)c5ccccc5)C(C)=C([C@@H](OC(C)=O)C(=O)[C@]23C)C4(C)C)C(OC(C)=O)O1. The van der Waals surface area contributed by atoms with E-state index in [9.17, 15) is 38.7 Å². The molecule has 0 radical (unpaired) electrons. The number of fused-ring (bicyclic) bond motifs is 5. The maximum atomic E-state index is 16.6. The van der Waals surface area contributed by atoms with Crippen molar-refractivity contribution < 1.29 is 95.6 Å². The Morgan fingerprint density at radius 3 is 1.88 bits per heavy atom. The number of rotatable bonds is 15. The van der Waals surface area contributed by atoms with Crippen molar-refractivity contribution in [2.75, 3.05) is 20.3 Å². The van der Waals surface area contributed by atoms with Crippen LogP contribution in [0, 0.1) is 16.7 Å². The van der Waals surface area contributed by atoms with Crippen LogP contribution in [0.1, 0.15) is 101 Å². The summed E-state index contributed by atoms with van der Waals surface area (Å²) in [5.74, 6) is -9.09. The fraction of sp³-hybridized carbons (Fsp3) is 0.500. The van der Waals surface area contributed by atoms with E-state index in [1.807, 2.05) is 0 Å². The molecule has 5 aliphatic rings. The standard InChI is InChI=1S/C56H63NO20/c1-29-37(72-50(66)43(62)42(34-19-13-10-14-20-34)57-48(64)35-21-15-11-16-22-35)26-56(77-33(5)61)47(75-49(65)36-23-17-12-18-24-36)45-54(8,46(63)44(70-30(2)58)41(29)53(56,6)7)38(25-39-55(45,28-69-39)76-32(4)60)73-51-52(71-31(3)59)74-40(67-9)27-68-51/h10-24,37-40,42-45,47,51-52,62H,25-28H2,1-9H3,(H,57,64)/t37-,38-,39+,40?,42-,43+,44+,45-,47-,51-,52?,54+,55-,56+/m0/s1. The average molecular weight is 1070 g/mol. The Hall–Kier alpha value is -6.88. The fourth-order valence-corrected chi connectivity index (χ4v) is 12.0. The maximum absolute atomic E-state index is 16.6. The van der Waals surface area contributed by atoms with Gasteiger partial charge in [0.2, 0.25) is 6.29 Å². The minimum absolute atomic E-state index is 0.00532. The highest BCUT2D eigenvalue weighted by atomic mass is 16.8. The number of methoxy groups -OCH3 is 1. The minimum atomic E-state index is -2.33. The maximum Gasteiger partial charge on any atom is 0.338 e. The van der Waals surface area contributed by atoms with Gasteiger partial charge >= 0.3 is 35.8 Å². The van der Waals surface area contributed by atoms with E-state index in [0.717, 1.165) is 27.7 Å². The number of carbonyl (C=O) groups is 8. The predicted molar refractivity (Wildman–Crippen MR) is 263 cm³/mol. The molecule has 2 aliphatic heterocycles. The van der Waals surface area contributed by atoms with E-state index in [0.29, 0.717) is 5.56 Å². The monoisotopic (exact) mass is 1070 g/mol. The Bertz CT molecular complexity index is 2790. The summed E-state index contributed by atoms with van der Waals surface area (Å²) in [6.07, 6.45) is -15.3. The Balaban J connectivity index is 1.35. The quantitative estimate of drug-likeness (QED) is 0.120. The molecule has 3 aromatic rings. The number of aliphatic hydroxyl groups excluding tert-OH is 1. The molecule has 2 unspecified atom stereocenters. The van der Waals surface area contributed by atoms with E-state index in [-0.39, 0.29) is 35.3 Å². The zero-order valence-electron chi connectivity index (χ0n) is 44.0. The number of carbonyl (C=O) groups excluding carboxylic acids is 8. The fourth-order valence-electron chi connectivity index (χ4n) is 12.0. The second-order valence-corrected chi connectivity index (χ2v) is 20.5. The predicted octanol–water partition coefficient (Wildman–Crippen LogP) is 4.57. The third-order valence-electron chi connectivity index (χ3n) is 15.5. The molecule has 412 valence electrons. The van der Waals surface area contributed by atoms with Gasteiger partial charge in [-0.25, -0.2) is 9.59 Å². The van der Waals surface area contributed by atoms with Crippen molar-refractivity contribution in [3.05, 3.63) is 119 Å². The highest BCUT2D eigenvalue weighted by Gasteiger charge is 2.80. The van der Waals surface area contributed by atoms with Crippen molar-refractivity contribution in [2.45, 2.75) is 141 Å². The lowest BCUT2D eigenvalue weighted by Gasteiger charge is -2.68. The van der Waals surface area contributed by atoms with E-state index in [1.54, 1.807) is 92.7 Å². The number of nitrogens with one attached hydrogen (secondary N) is 1. The van der Waals surface area contributed by atoms with Gasteiger partial charge in [0.25, 0.3) is 12.2 Å². The van der Waals surface area contributed by atoms with E-state index >= 15 is 4.79 Å². The molecular weight excluding hydrogens is 1010 g/mol. The molecule has 2 saturated heterocycles. The van der Waals surface area contributed by atoms with Crippen molar-refractivity contribution in [1.29, 1.82) is 0 Å². The Morgan fingerprint density at radius 2 is 1.32 bits per heavy atom. The lowest BCUT2D eigenvalue weighted by atomic mass is 9.44. The number of aliphatic hydroxyl groups is 1. The molecule has 21 heteroatoms. The summed E-state index contributed by atoms with van der Waals surface area (Å²) in [6, 6.07) is 22.6. The van der Waals surface area contributed by atoms with Crippen LogP contribution >= 0.6 is 0 Å². The van der Waals surface area contributed by atoms with Crippen LogP contribution in [0.5, 0.6) is 0 Å². The Morgan fingerprint density at radius 1 is 0.727 bits per heavy atom. The summed E-state index contributed by atoms with van der Waals surface area (Å²) in [7, 11) is 1.34. The van der Waals surface area contributed by atoms with Crippen LogP contribution in [0.3, 0.4) is 0 Å². The first kappa shape index (κ1) is 56.3. The first-order chi connectivity index (χ1) is 36.5. The molecular formula is C56H63NO20. The third-order valence-corrected chi connectivity index (χ3v) is 15.5. The molecule has 2 bridgehead atoms. The molecule has 2 saturated carbocycles. The summed E-state index contributed by atoms with van der Waals surface area (Å²) in [5.41, 5.74) is -7.64. The van der Waals surface area contributed by atoms with Crippen molar-refractivity contribution in [3.8, 4) is 0 Å². The lowest BCUT2D eigenvalue weighted by molar-refractivity contribution is -0.396. The van der Waals surface area contributed by atoms with Crippen molar-refractivity contribution in [3.63, 3.8) is 0 Å². The molecule has 77 heavy (non-hydrogen) atoms. The molecule has 3 aliphatic carbocycles. The minimum Gasteiger partial charge on any atom is -0.456 e. The molecule has 3 aromatic carbocycles. The zero-order chi connectivity index (χ0) is 55.8. The van der Waals surface area contributed by atoms with E-state index in [2.05, 4.69) is 5.32 Å². The second-order valence-electron chi connectivity index (χ2n) is 20.5. The van der Waals surface area contributed by atoms with Crippen molar-refractivity contribution in [2.24, 2.45) is 16.7 Å². The summed E-state index contributed by atoms with van der Waals surface area (Å²) >= 11 is 0. The van der Waals surface area contributed by atoms with Gasteiger partial charge in [-0.05, 0) is 54.8 Å². The van der Waals surface area contributed by atoms with Gasteiger partial charge in [0.05, 0.1) is 35.6 Å². The van der Waals surface area contributed by atoms with Gasteiger partial charge in [0.15, 0.2) is 41.6 Å². The van der Waals surface area contributed by atoms with Crippen LogP contribution in [0.4, 0.5) is 0 Å². The Kier molecular flexibility index (Phi) is 16.3. The number of amides is 1. The molecule has 4 fully saturated rings. The number of Topliss-reactive ketones (excluding diaryl/α,β-unsaturated/α-hetero) is 1. The van der Waals surface area contributed by atoms with Gasteiger partial charge in [0, 0.05) is 58.6 Å². The molecule has 1 amide bonds. The number of hydrogen-bond donors (Lipinski definition) is 2. The van der Waals surface area contributed by atoms with Gasteiger partial charge in [-0.15, -0.1) is 0 Å². The number of benzene rings is 3. The number of hydrogen-bond acceptors (Lipinski definition) is 20. The van der Waals surface area contributed by atoms with Gasteiger partial charge in [0.1, 0.15) is 18.8 Å². The lowest BCUT2D eigenvalue weighted by Crippen LogP contribution is -2.82. The molecule has 0 spiro atoms. The highest BCUT2D eigenvalue weighted by Crippen LogP contribution is 2.66. The molecule has 0 aromatic heterocycles. The van der Waals surface area contributed by atoms with E-state index in [4.69, 9.17) is 52.1 Å².